The van der Waals surface area contributed by atoms with E-state index in [1.807, 2.05) is 0 Å². The van der Waals surface area contributed by atoms with Gasteiger partial charge in [-0.1, -0.05) is 19.1 Å². The Morgan fingerprint density at radius 3 is 2.14 bits per heavy atom. The molecule has 0 aromatic heterocycles. The summed E-state index contributed by atoms with van der Waals surface area (Å²) in [6.07, 6.45) is -2.21. The third-order valence-corrected chi connectivity index (χ3v) is 7.82. The average Bonchev–Trinajstić information content (AvgIpc) is 3.72. The molecule has 0 heterocycles. The molecular weight excluding hydrogens is 506 g/mol. The SMILES string of the molecule is CCC(NC(=O)C(CS(=O)(=O)CC1CC1)NC(c1ccc(F)cc1)C(F)(F)F)C(=O)C(=O)NC1CC1. The van der Waals surface area contributed by atoms with Crippen LogP contribution in [-0.4, -0.2) is 61.8 Å². The minimum atomic E-state index is -4.96. The fourth-order valence-corrected chi connectivity index (χ4v) is 5.61. The van der Waals surface area contributed by atoms with E-state index in [1.54, 1.807) is 0 Å². The highest BCUT2D eigenvalue weighted by molar-refractivity contribution is 7.91. The van der Waals surface area contributed by atoms with Crippen LogP contribution in [0.4, 0.5) is 17.6 Å². The van der Waals surface area contributed by atoms with Gasteiger partial charge in [0, 0.05) is 6.04 Å². The molecule has 3 atom stereocenters. The maximum absolute atomic E-state index is 13.9. The number of ketones is 1. The Kier molecular flexibility index (Phi) is 8.75. The summed E-state index contributed by atoms with van der Waals surface area (Å²) in [5.41, 5.74) is -0.423. The van der Waals surface area contributed by atoms with E-state index in [4.69, 9.17) is 0 Å². The largest absolute Gasteiger partial charge is 0.407 e. The van der Waals surface area contributed by atoms with E-state index in [1.165, 1.54) is 6.92 Å². The Morgan fingerprint density at radius 1 is 1.03 bits per heavy atom. The van der Waals surface area contributed by atoms with Crippen molar-refractivity contribution in [3.63, 3.8) is 0 Å². The van der Waals surface area contributed by atoms with Gasteiger partial charge < -0.3 is 10.6 Å². The van der Waals surface area contributed by atoms with Crippen molar-refractivity contribution in [3.8, 4) is 0 Å². The minimum absolute atomic E-state index is 0.0368. The number of nitrogens with one attached hydrogen (secondary N) is 3. The van der Waals surface area contributed by atoms with Crippen molar-refractivity contribution in [2.24, 2.45) is 5.92 Å². The van der Waals surface area contributed by atoms with Gasteiger partial charge in [0.05, 0.1) is 17.5 Å². The van der Waals surface area contributed by atoms with E-state index >= 15 is 0 Å². The Bertz CT molecular complexity index is 1070. The van der Waals surface area contributed by atoms with Crippen LogP contribution in [0.3, 0.4) is 0 Å². The van der Waals surface area contributed by atoms with Crippen LogP contribution in [0.15, 0.2) is 24.3 Å². The molecular formula is C23H29F4N3O5S. The quantitative estimate of drug-likeness (QED) is 0.262. The summed E-state index contributed by atoms with van der Waals surface area (Å²) in [4.78, 5) is 37.7. The van der Waals surface area contributed by atoms with E-state index < -0.39 is 68.9 Å². The van der Waals surface area contributed by atoms with Crippen LogP contribution in [-0.2, 0) is 24.2 Å². The molecule has 0 bridgehead atoms. The van der Waals surface area contributed by atoms with E-state index in [0.29, 0.717) is 12.8 Å². The number of alkyl halides is 3. The molecule has 0 saturated heterocycles. The molecule has 2 amide bonds. The minimum Gasteiger partial charge on any atom is -0.347 e. The maximum atomic E-state index is 13.9. The van der Waals surface area contributed by atoms with E-state index in [0.717, 1.165) is 37.1 Å². The Hall–Kier alpha value is -2.54. The highest BCUT2D eigenvalue weighted by atomic mass is 32.2. The molecule has 3 unspecified atom stereocenters. The molecule has 13 heteroatoms. The number of hydrogen-bond donors (Lipinski definition) is 3. The number of Topliss-reactive ketones (excluding diaryl/α,β-unsaturated/α-hetero) is 1. The number of rotatable bonds is 13. The predicted molar refractivity (Wildman–Crippen MR) is 122 cm³/mol. The molecule has 2 aliphatic rings. The lowest BCUT2D eigenvalue weighted by Gasteiger charge is -2.28. The van der Waals surface area contributed by atoms with Crippen LogP contribution in [0.5, 0.6) is 0 Å². The van der Waals surface area contributed by atoms with Crippen LogP contribution in [0.2, 0.25) is 0 Å². The molecule has 200 valence electrons. The Morgan fingerprint density at radius 2 is 1.64 bits per heavy atom. The van der Waals surface area contributed by atoms with Crippen molar-refractivity contribution < 1.29 is 40.4 Å². The van der Waals surface area contributed by atoms with Gasteiger partial charge in [-0.05, 0) is 55.7 Å². The zero-order valence-electron chi connectivity index (χ0n) is 19.6. The highest BCUT2D eigenvalue weighted by Crippen LogP contribution is 2.34. The van der Waals surface area contributed by atoms with Crippen LogP contribution < -0.4 is 16.0 Å². The lowest BCUT2D eigenvalue weighted by Crippen LogP contribution is -2.56. The van der Waals surface area contributed by atoms with E-state index in [9.17, 15) is 40.4 Å². The number of hydrogen-bond acceptors (Lipinski definition) is 6. The van der Waals surface area contributed by atoms with Crippen LogP contribution in [0, 0.1) is 11.7 Å². The number of sulfone groups is 1. The Balaban J connectivity index is 1.82. The molecule has 1 aromatic rings. The predicted octanol–water partition coefficient (Wildman–Crippen LogP) is 1.95. The molecule has 8 nitrogen and oxygen atoms in total. The summed E-state index contributed by atoms with van der Waals surface area (Å²) in [7, 11) is -3.94. The second kappa shape index (κ2) is 11.2. The van der Waals surface area contributed by atoms with Crippen molar-refractivity contribution in [3.05, 3.63) is 35.6 Å². The summed E-state index contributed by atoms with van der Waals surface area (Å²) in [6, 6.07) is -2.44. The van der Waals surface area contributed by atoms with Crippen LogP contribution in [0.25, 0.3) is 0 Å². The molecule has 2 saturated carbocycles. The molecule has 0 aliphatic heterocycles. The molecule has 1 aromatic carbocycles. The first-order valence-corrected chi connectivity index (χ1v) is 13.5. The molecule has 3 rings (SSSR count). The van der Waals surface area contributed by atoms with E-state index in [-0.39, 0.29) is 24.1 Å². The summed E-state index contributed by atoms with van der Waals surface area (Å²) in [5, 5.41) is 6.80. The first kappa shape index (κ1) is 28.0. The fourth-order valence-electron chi connectivity index (χ4n) is 3.67. The number of benzene rings is 1. The summed E-state index contributed by atoms with van der Waals surface area (Å²) in [6.45, 7) is 1.50. The zero-order chi connectivity index (χ0) is 26.7. The van der Waals surface area contributed by atoms with Gasteiger partial charge in [-0.15, -0.1) is 0 Å². The van der Waals surface area contributed by atoms with Gasteiger partial charge in [-0.25, -0.2) is 12.8 Å². The highest BCUT2D eigenvalue weighted by Gasteiger charge is 2.44. The third-order valence-electron chi connectivity index (χ3n) is 6.00. The smallest absolute Gasteiger partial charge is 0.347 e. The standard InChI is InChI=1S/C23H29F4N3O5S/c1-2-17(19(31)22(33)28-16-9-10-16)30-21(32)18(12-36(34,35)11-13-3-4-13)29-20(23(25,26)27)14-5-7-15(24)8-6-14/h5-8,13,16-18,20,29H,2-4,9-12H2,1H3,(H,28,33)(H,30,32). The van der Waals surface area contributed by atoms with Gasteiger partial charge in [-0.2, -0.15) is 13.2 Å². The van der Waals surface area contributed by atoms with Crippen LogP contribution in [0.1, 0.15) is 50.6 Å². The lowest BCUT2D eigenvalue weighted by molar-refractivity contribution is -0.160. The molecule has 0 spiro atoms. The molecule has 36 heavy (non-hydrogen) atoms. The first-order valence-electron chi connectivity index (χ1n) is 11.7. The number of carbonyl (C=O) groups is 3. The average molecular weight is 536 g/mol. The van der Waals surface area contributed by atoms with Gasteiger partial charge in [0.15, 0.2) is 9.84 Å². The van der Waals surface area contributed by atoms with Gasteiger partial charge in [0.2, 0.25) is 11.7 Å². The van der Waals surface area contributed by atoms with Gasteiger partial charge >= 0.3 is 6.18 Å². The molecule has 2 aliphatic carbocycles. The summed E-state index contributed by atoms with van der Waals surface area (Å²) in [5.74, 6) is -5.14. The zero-order valence-corrected chi connectivity index (χ0v) is 20.4. The Labute approximate surface area is 206 Å². The van der Waals surface area contributed by atoms with Gasteiger partial charge in [0.1, 0.15) is 17.9 Å². The van der Waals surface area contributed by atoms with E-state index in [2.05, 4.69) is 16.0 Å². The number of amides is 2. The summed E-state index contributed by atoms with van der Waals surface area (Å²) < 4.78 is 80.4. The second-order valence-electron chi connectivity index (χ2n) is 9.35. The van der Waals surface area contributed by atoms with Crippen molar-refractivity contribution >= 4 is 27.4 Å². The normalized spacial score (nSPS) is 18.7. The summed E-state index contributed by atoms with van der Waals surface area (Å²) >= 11 is 0. The van der Waals surface area contributed by atoms with Gasteiger partial charge in [0.25, 0.3) is 5.91 Å². The first-order chi connectivity index (χ1) is 16.8. The topological polar surface area (TPSA) is 121 Å². The van der Waals surface area contributed by atoms with Crippen molar-refractivity contribution in [2.75, 3.05) is 11.5 Å². The van der Waals surface area contributed by atoms with Crippen molar-refractivity contribution in [1.29, 1.82) is 0 Å². The molecule has 0 radical (unpaired) electrons. The van der Waals surface area contributed by atoms with Crippen LogP contribution >= 0.6 is 0 Å². The monoisotopic (exact) mass is 535 g/mol. The molecule has 3 N–H and O–H groups in total. The number of carbonyl (C=O) groups excluding carboxylic acids is 3. The number of halogens is 4. The van der Waals surface area contributed by atoms with Crippen molar-refractivity contribution in [2.45, 2.75) is 69.4 Å². The molecule has 2 fully saturated rings. The lowest BCUT2D eigenvalue weighted by atomic mass is 10.0. The third kappa shape index (κ3) is 8.26. The maximum Gasteiger partial charge on any atom is 0.407 e. The van der Waals surface area contributed by atoms with Crippen molar-refractivity contribution in [1.82, 2.24) is 16.0 Å². The second-order valence-corrected chi connectivity index (χ2v) is 11.5. The van der Waals surface area contributed by atoms with Gasteiger partial charge in [-0.3, -0.25) is 19.7 Å². The fraction of sp³-hybridized carbons (Fsp3) is 0.609.